The number of hydrogen-bond donors (Lipinski definition) is 1. The van der Waals surface area contributed by atoms with Crippen LogP contribution in [0.15, 0.2) is 0 Å². The Morgan fingerprint density at radius 2 is 1.56 bits per heavy atom. The second-order valence-electron chi connectivity index (χ2n) is 4.85. The second kappa shape index (κ2) is 5.51. The van der Waals surface area contributed by atoms with E-state index < -0.39 is 0 Å². The molecular weight excluding hydrogens is 204 g/mol. The van der Waals surface area contributed by atoms with Gasteiger partial charge in [-0.3, -0.25) is 0 Å². The summed E-state index contributed by atoms with van der Waals surface area (Å²) in [5.74, 6) is 0. The predicted octanol–water partition coefficient (Wildman–Crippen LogP) is 1.25. The van der Waals surface area contributed by atoms with Gasteiger partial charge in [0.15, 0.2) is 6.19 Å². The van der Waals surface area contributed by atoms with E-state index in [1.807, 2.05) is 0 Å². The van der Waals surface area contributed by atoms with Gasteiger partial charge < -0.3 is 14.7 Å². The Bertz CT molecular complexity index is 248. The van der Waals surface area contributed by atoms with E-state index >= 15 is 0 Å². The standard InChI is InChI=1S/C12H20N2O2/c13-9-14-7-5-12(6-8-14)16-11-3-1-10(15)2-4-11/h10-12,15H,1-8H2. The molecule has 2 fully saturated rings. The van der Waals surface area contributed by atoms with Gasteiger partial charge in [0.25, 0.3) is 0 Å². The Labute approximate surface area is 96.8 Å². The molecule has 0 spiro atoms. The van der Waals surface area contributed by atoms with Crippen LogP contribution in [0.2, 0.25) is 0 Å². The van der Waals surface area contributed by atoms with E-state index in [4.69, 9.17) is 10.00 Å². The molecule has 1 N–H and O–H groups in total. The quantitative estimate of drug-likeness (QED) is 0.717. The van der Waals surface area contributed by atoms with Crippen LogP contribution in [-0.4, -0.2) is 41.4 Å². The lowest BCUT2D eigenvalue weighted by atomic mass is 9.94. The molecule has 90 valence electrons. The van der Waals surface area contributed by atoms with E-state index in [1.165, 1.54) is 0 Å². The van der Waals surface area contributed by atoms with Crippen molar-refractivity contribution in [1.29, 1.82) is 5.26 Å². The molecule has 0 aromatic carbocycles. The van der Waals surface area contributed by atoms with Gasteiger partial charge in [0, 0.05) is 13.1 Å². The summed E-state index contributed by atoms with van der Waals surface area (Å²) >= 11 is 0. The highest BCUT2D eigenvalue weighted by Crippen LogP contribution is 2.24. The van der Waals surface area contributed by atoms with E-state index in [0.29, 0.717) is 12.2 Å². The second-order valence-corrected chi connectivity index (χ2v) is 4.85. The SMILES string of the molecule is N#CN1CCC(OC2CCC(O)CC2)CC1. The number of piperidine rings is 1. The lowest BCUT2D eigenvalue weighted by Gasteiger charge is -2.33. The predicted molar refractivity (Wildman–Crippen MR) is 59.6 cm³/mol. The van der Waals surface area contributed by atoms with E-state index in [9.17, 15) is 5.11 Å². The van der Waals surface area contributed by atoms with Crippen molar-refractivity contribution in [2.24, 2.45) is 0 Å². The molecule has 0 amide bonds. The summed E-state index contributed by atoms with van der Waals surface area (Å²) in [4.78, 5) is 1.80. The summed E-state index contributed by atoms with van der Waals surface area (Å²) in [5.41, 5.74) is 0. The zero-order valence-corrected chi connectivity index (χ0v) is 9.64. The van der Waals surface area contributed by atoms with Gasteiger partial charge in [0.1, 0.15) is 0 Å². The third kappa shape index (κ3) is 3.10. The summed E-state index contributed by atoms with van der Waals surface area (Å²) in [6.07, 6.45) is 8.38. The zero-order valence-electron chi connectivity index (χ0n) is 9.64. The van der Waals surface area contributed by atoms with Crippen LogP contribution in [-0.2, 0) is 4.74 Å². The molecule has 1 saturated heterocycles. The molecule has 0 aromatic heterocycles. The normalized spacial score (nSPS) is 32.4. The average Bonchev–Trinajstić information content (AvgIpc) is 2.33. The number of nitrogens with zero attached hydrogens (tertiary/aromatic N) is 2. The maximum atomic E-state index is 9.40. The number of hydrogen-bond acceptors (Lipinski definition) is 4. The van der Waals surface area contributed by atoms with E-state index in [-0.39, 0.29) is 6.10 Å². The average molecular weight is 224 g/mol. The molecule has 0 radical (unpaired) electrons. The molecule has 1 heterocycles. The molecule has 2 aliphatic rings. The highest BCUT2D eigenvalue weighted by Gasteiger charge is 2.25. The molecule has 0 unspecified atom stereocenters. The number of aliphatic hydroxyl groups excluding tert-OH is 1. The first-order valence-electron chi connectivity index (χ1n) is 6.26. The molecule has 1 aliphatic carbocycles. The smallest absolute Gasteiger partial charge is 0.179 e. The summed E-state index contributed by atoms with van der Waals surface area (Å²) in [7, 11) is 0. The summed E-state index contributed by atoms with van der Waals surface area (Å²) < 4.78 is 6.03. The molecular formula is C12H20N2O2. The number of ether oxygens (including phenoxy) is 1. The highest BCUT2D eigenvalue weighted by molar-refractivity contribution is 4.82. The van der Waals surface area contributed by atoms with Crippen molar-refractivity contribution >= 4 is 0 Å². The zero-order chi connectivity index (χ0) is 11.4. The Morgan fingerprint density at radius 3 is 2.12 bits per heavy atom. The van der Waals surface area contributed by atoms with Crippen LogP contribution < -0.4 is 0 Å². The molecule has 0 atom stereocenters. The molecule has 16 heavy (non-hydrogen) atoms. The van der Waals surface area contributed by atoms with Gasteiger partial charge in [-0.05, 0) is 38.5 Å². The molecule has 1 aliphatic heterocycles. The van der Waals surface area contributed by atoms with Crippen LogP contribution in [0.1, 0.15) is 38.5 Å². The maximum absolute atomic E-state index is 9.40. The topological polar surface area (TPSA) is 56.5 Å². The highest BCUT2D eigenvalue weighted by atomic mass is 16.5. The third-order valence-corrected chi connectivity index (χ3v) is 3.61. The van der Waals surface area contributed by atoms with Crippen molar-refractivity contribution in [2.75, 3.05) is 13.1 Å². The van der Waals surface area contributed by atoms with Crippen LogP contribution in [0.4, 0.5) is 0 Å². The van der Waals surface area contributed by atoms with E-state index in [1.54, 1.807) is 4.90 Å². The summed E-state index contributed by atoms with van der Waals surface area (Å²) in [6, 6.07) is 0. The van der Waals surface area contributed by atoms with Gasteiger partial charge in [0.2, 0.25) is 0 Å². The van der Waals surface area contributed by atoms with Crippen LogP contribution >= 0.6 is 0 Å². The first-order chi connectivity index (χ1) is 7.78. The molecule has 2 rings (SSSR count). The minimum Gasteiger partial charge on any atom is -0.393 e. The Morgan fingerprint density at radius 1 is 1.00 bits per heavy atom. The lowest BCUT2D eigenvalue weighted by Crippen LogP contribution is -2.37. The van der Waals surface area contributed by atoms with Gasteiger partial charge in [-0.15, -0.1) is 0 Å². The van der Waals surface area contributed by atoms with E-state index in [0.717, 1.165) is 51.6 Å². The monoisotopic (exact) mass is 224 g/mol. The Kier molecular flexibility index (Phi) is 4.03. The van der Waals surface area contributed by atoms with Crippen molar-refractivity contribution in [1.82, 2.24) is 4.90 Å². The van der Waals surface area contributed by atoms with Crippen molar-refractivity contribution in [3.63, 3.8) is 0 Å². The minimum atomic E-state index is -0.111. The van der Waals surface area contributed by atoms with Crippen LogP contribution in [0.5, 0.6) is 0 Å². The van der Waals surface area contributed by atoms with Gasteiger partial charge in [0.05, 0.1) is 18.3 Å². The first kappa shape index (κ1) is 11.7. The summed E-state index contributed by atoms with van der Waals surface area (Å²) in [6.45, 7) is 1.66. The number of rotatable bonds is 2. The van der Waals surface area contributed by atoms with Gasteiger partial charge >= 0.3 is 0 Å². The third-order valence-electron chi connectivity index (χ3n) is 3.61. The number of nitriles is 1. The van der Waals surface area contributed by atoms with Crippen LogP contribution in [0.3, 0.4) is 0 Å². The fourth-order valence-corrected chi connectivity index (χ4v) is 2.55. The number of aliphatic hydroxyl groups is 1. The van der Waals surface area contributed by atoms with Crippen molar-refractivity contribution in [3.05, 3.63) is 0 Å². The number of likely N-dealkylation sites (tertiary alicyclic amines) is 1. The fraction of sp³-hybridized carbons (Fsp3) is 0.917. The summed E-state index contributed by atoms with van der Waals surface area (Å²) in [5, 5.41) is 18.1. The van der Waals surface area contributed by atoms with Crippen molar-refractivity contribution < 1.29 is 9.84 Å². The Balaban J connectivity index is 1.69. The minimum absolute atomic E-state index is 0.111. The van der Waals surface area contributed by atoms with E-state index in [2.05, 4.69) is 6.19 Å². The molecule has 0 aromatic rings. The largest absolute Gasteiger partial charge is 0.393 e. The molecule has 0 bridgehead atoms. The van der Waals surface area contributed by atoms with Crippen molar-refractivity contribution in [3.8, 4) is 6.19 Å². The van der Waals surface area contributed by atoms with Crippen molar-refractivity contribution in [2.45, 2.75) is 56.8 Å². The van der Waals surface area contributed by atoms with Gasteiger partial charge in [-0.2, -0.15) is 5.26 Å². The Hall–Kier alpha value is -0.790. The first-order valence-corrected chi connectivity index (χ1v) is 6.26. The lowest BCUT2D eigenvalue weighted by molar-refractivity contribution is -0.0646. The fourth-order valence-electron chi connectivity index (χ4n) is 2.55. The molecule has 4 heteroatoms. The maximum Gasteiger partial charge on any atom is 0.179 e. The van der Waals surface area contributed by atoms with Gasteiger partial charge in [-0.25, -0.2) is 0 Å². The van der Waals surface area contributed by atoms with Crippen LogP contribution in [0, 0.1) is 11.5 Å². The molecule has 4 nitrogen and oxygen atoms in total. The van der Waals surface area contributed by atoms with Crippen LogP contribution in [0.25, 0.3) is 0 Å². The molecule has 1 saturated carbocycles. The van der Waals surface area contributed by atoms with Gasteiger partial charge in [-0.1, -0.05) is 0 Å².